The molecule has 0 aromatic carbocycles. The molecule has 19 heavy (non-hydrogen) atoms. The van der Waals surface area contributed by atoms with Crippen molar-refractivity contribution in [1.29, 1.82) is 0 Å². The van der Waals surface area contributed by atoms with Gasteiger partial charge in [-0.3, -0.25) is 4.79 Å². The van der Waals surface area contributed by atoms with Crippen LogP contribution in [-0.4, -0.2) is 48.4 Å². The van der Waals surface area contributed by atoms with E-state index < -0.39 is 16.0 Å². The third-order valence-corrected chi connectivity index (χ3v) is 4.41. The smallest absolute Gasteiger partial charge is 0.321 e. The van der Waals surface area contributed by atoms with E-state index in [0.717, 1.165) is 4.31 Å². The van der Waals surface area contributed by atoms with Crippen molar-refractivity contribution in [3.63, 3.8) is 0 Å². The Labute approximate surface area is 113 Å². The molecule has 1 rings (SSSR count). The van der Waals surface area contributed by atoms with Gasteiger partial charge in [-0.25, -0.2) is 13.4 Å². The number of hydrogen-bond donors (Lipinski definition) is 0. The third kappa shape index (κ3) is 3.54. The summed E-state index contributed by atoms with van der Waals surface area (Å²) in [4.78, 5) is 15.3. The van der Waals surface area contributed by atoms with Crippen LogP contribution in [0.3, 0.4) is 0 Å². The minimum absolute atomic E-state index is 0.0511. The lowest BCUT2D eigenvalue weighted by Gasteiger charge is -2.18. The monoisotopic (exact) mass is 289 g/mol. The number of imidazole rings is 1. The molecule has 0 aliphatic rings. The molecule has 0 saturated carbocycles. The first-order valence-corrected chi connectivity index (χ1v) is 7.33. The van der Waals surface area contributed by atoms with E-state index in [-0.39, 0.29) is 18.1 Å². The van der Waals surface area contributed by atoms with Crippen LogP contribution < -0.4 is 0 Å². The van der Waals surface area contributed by atoms with Crippen molar-refractivity contribution in [3.05, 3.63) is 12.0 Å². The van der Waals surface area contributed by atoms with E-state index in [2.05, 4.69) is 9.72 Å². The summed E-state index contributed by atoms with van der Waals surface area (Å²) in [5, 5.41) is -0.0511. The van der Waals surface area contributed by atoms with Crippen molar-refractivity contribution in [2.45, 2.75) is 25.3 Å². The largest absolute Gasteiger partial charge is 0.468 e. The van der Waals surface area contributed by atoms with Gasteiger partial charge in [0.15, 0.2) is 5.03 Å². The van der Waals surface area contributed by atoms with Gasteiger partial charge in [-0.05, 0) is 13.3 Å². The van der Waals surface area contributed by atoms with E-state index in [1.807, 2.05) is 6.92 Å². The summed E-state index contributed by atoms with van der Waals surface area (Å²) in [5.41, 5.74) is 0. The van der Waals surface area contributed by atoms with Gasteiger partial charge in [0.05, 0.1) is 7.11 Å². The molecule has 8 heteroatoms. The Balaban J connectivity index is 3.08. The molecule has 0 atom stereocenters. The van der Waals surface area contributed by atoms with E-state index in [9.17, 15) is 13.2 Å². The van der Waals surface area contributed by atoms with Crippen molar-refractivity contribution in [1.82, 2.24) is 13.9 Å². The fourth-order valence-corrected chi connectivity index (χ4v) is 3.03. The van der Waals surface area contributed by atoms with E-state index >= 15 is 0 Å². The lowest BCUT2D eigenvalue weighted by Crippen LogP contribution is -2.37. The zero-order valence-electron chi connectivity index (χ0n) is 11.6. The SMILES string of the molecule is CCCN(CC(=O)OC)S(=O)(=O)c1cn(C)c(C)n1. The molecule has 108 valence electrons. The summed E-state index contributed by atoms with van der Waals surface area (Å²) < 4.78 is 32.0. The maximum atomic E-state index is 12.4. The predicted octanol–water partition coefficient (Wildman–Crippen LogP) is 0.302. The van der Waals surface area contributed by atoms with Crippen molar-refractivity contribution in [2.75, 3.05) is 20.2 Å². The van der Waals surface area contributed by atoms with Crippen LogP contribution in [0.25, 0.3) is 0 Å². The zero-order valence-corrected chi connectivity index (χ0v) is 12.4. The third-order valence-electron chi connectivity index (χ3n) is 2.70. The molecule has 0 spiro atoms. The second kappa shape index (κ2) is 6.16. The Bertz CT molecular complexity index is 531. The highest BCUT2D eigenvalue weighted by molar-refractivity contribution is 7.89. The second-order valence-electron chi connectivity index (χ2n) is 4.15. The topological polar surface area (TPSA) is 81.5 Å². The number of aromatic nitrogens is 2. The summed E-state index contributed by atoms with van der Waals surface area (Å²) in [5.74, 6) is -0.00207. The number of rotatable bonds is 6. The fraction of sp³-hybridized carbons (Fsp3) is 0.636. The van der Waals surface area contributed by atoms with Crippen molar-refractivity contribution >= 4 is 16.0 Å². The highest BCUT2D eigenvalue weighted by Crippen LogP contribution is 2.15. The summed E-state index contributed by atoms with van der Waals surface area (Å²) in [6.45, 7) is 3.49. The number of carbonyl (C=O) groups excluding carboxylic acids is 1. The number of nitrogens with zero attached hydrogens (tertiary/aromatic N) is 3. The van der Waals surface area contributed by atoms with E-state index in [4.69, 9.17) is 0 Å². The van der Waals surface area contributed by atoms with E-state index in [0.29, 0.717) is 12.2 Å². The second-order valence-corrected chi connectivity index (χ2v) is 6.04. The number of carbonyl (C=O) groups is 1. The molecule has 0 radical (unpaired) electrons. The van der Waals surface area contributed by atoms with E-state index in [1.165, 1.54) is 13.3 Å². The maximum Gasteiger partial charge on any atom is 0.321 e. The molecule has 0 saturated heterocycles. The minimum Gasteiger partial charge on any atom is -0.468 e. The van der Waals surface area contributed by atoms with Crippen molar-refractivity contribution in [2.24, 2.45) is 7.05 Å². The Kier molecular flexibility index (Phi) is 5.07. The maximum absolute atomic E-state index is 12.4. The predicted molar refractivity (Wildman–Crippen MR) is 69.0 cm³/mol. The van der Waals surface area contributed by atoms with Crippen LogP contribution in [0.5, 0.6) is 0 Å². The molecule has 1 aromatic rings. The molecule has 7 nitrogen and oxygen atoms in total. The average molecular weight is 289 g/mol. The first-order valence-electron chi connectivity index (χ1n) is 5.89. The van der Waals surface area contributed by atoms with Crippen LogP contribution in [0, 0.1) is 6.92 Å². The van der Waals surface area contributed by atoms with Crippen molar-refractivity contribution in [3.8, 4) is 0 Å². The van der Waals surface area contributed by atoms with Crippen LogP contribution in [0.15, 0.2) is 11.2 Å². The Morgan fingerprint density at radius 3 is 2.58 bits per heavy atom. The molecule has 1 heterocycles. The summed E-state index contributed by atoms with van der Waals surface area (Å²) in [6, 6.07) is 0. The van der Waals surface area contributed by atoms with Crippen LogP contribution in [0.4, 0.5) is 0 Å². The minimum atomic E-state index is -3.77. The zero-order chi connectivity index (χ0) is 14.6. The van der Waals surface area contributed by atoms with Crippen LogP contribution in [0.1, 0.15) is 19.2 Å². The standard InChI is InChI=1S/C11H19N3O4S/c1-5-6-14(8-11(15)18-4)19(16,17)10-7-13(3)9(2)12-10/h7H,5-6,8H2,1-4H3. The van der Waals surface area contributed by atoms with Gasteiger partial charge in [-0.2, -0.15) is 4.31 Å². The van der Waals surface area contributed by atoms with Crippen LogP contribution in [0.2, 0.25) is 0 Å². The molecule has 0 amide bonds. The van der Waals surface area contributed by atoms with Crippen molar-refractivity contribution < 1.29 is 17.9 Å². The van der Waals surface area contributed by atoms with Gasteiger partial charge in [-0.15, -0.1) is 0 Å². The van der Waals surface area contributed by atoms with Gasteiger partial charge < -0.3 is 9.30 Å². The van der Waals surface area contributed by atoms with Gasteiger partial charge in [-0.1, -0.05) is 6.92 Å². The fourth-order valence-electron chi connectivity index (χ4n) is 1.52. The summed E-state index contributed by atoms with van der Waals surface area (Å²) in [7, 11) is -0.829. The number of sulfonamides is 1. The molecule has 0 aliphatic heterocycles. The number of hydrogen-bond acceptors (Lipinski definition) is 5. The molecule has 0 aliphatic carbocycles. The normalized spacial score (nSPS) is 11.8. The molecule has 0 N–H and O–H groups in total. The molecular formula is C11H19N3O4S. The number of esters is 1. The van der Waals surface area contributed by atoms with Gasteiger partial charge in [0.1, 0.15) is 12.4 Å². The molecule has 0 fully saturated rings. The summed E-state index contributed by atoms with van der Waals surface area (Å²) >= 11 is 0. The van der Waals surface area contributed by atoms with Gasteiger partial charge in [0, 0.05) is 19.8 Å². The van der Waals surface area contributed by atoms with Crippen LogP contribution >= 0.6 is 0 Å². The van der Waals surface area contributed by atoms with Crippen LogP contribution in [-0.2, 0) is 26.6 Å². The van der Waals surface area contributed by atoms with Gasteiger partial charge in [0.25, 0.3) is 10.0 Å². The average Bonchev–Trinajstić information content (AvgIpc) is 2.69. The number of methoxy groups -OCH3 is 1. The van der Waals surface area contributed by atoms with Gasteiger partial charge >= 0.3 is 5.97 Å². The number of aryl methyl sites for hydroxylation is 2. The quantitative estimate of drug-likeness (QED) is 0.704. The highest BCUT2D eigenvalue weighted by Gasteiger charge is 2.28. The van der Waals surface area contributed by atoms with Gasteiger partial charge in [0.2, 0.25) is 0 Å². The van der Waals surface area contributed by atoms with E-state index in [1.54, 1.807) is 18.5 Å². The lowest BCUT2D eigenvalue weighted by atomic mass is 10.5. The Morgan fingerprint density at radius 2 is 2.16 bits per heavy atom. The summed E-state index contributed by atoms with van der Waals surface area (Å²) in [6.07, 6.45) is 2.03. The first-order chi connectivity index (χ1) is 8.82. The lowest BCUT2D eigenvalue weighted by molar-refractivity contribution is -0.140. The Hall–Kier alpha value is -1.41. The first kappa shape index (κ1) is 15.6. The molecule has 0 unspecified atom stereocenters. The molecule has 0 bridgehead atoms. The molecule has 1 aromatic heterocycles. The molecular weight excluding hydrogens is 270 g/mol. The highest BCUT2D eigenvalue weighted by atomic mass is 32.2. The number of ether oxygens (including phenoxy) is 1. The Morgan fingerprint density at radius 1 is 1.53 bits per heavy atom.